The van der Waals surface area contributed by atoms with Crippen molar-refractivity contribution in [3.63, 3.8) is 0 Å². The first-order valence-corrected chi connectivity index (χ1v) is 9.19. The number of carboxylic acids is 1. The molecule has 2 unspecified atom stereocenters. The van der Waals surface area contributed by atoms with E-state index in [0.29, 0.717) is 6.61 Å². The first-order valence-electron chi connectivity index (χ1n) is 7.68. The van der Waals surface area contributed by atoms with Crippen LogP contribution >= 0.6 is 0 Å². The normalized spacial score (nSPS) is 13.6. The van der Waals surface area contributed by atoms with Crippen LogP contribution in [0.25, 0.3) is 0 Å². The van der Waals surface area contributed by atoms with Crippen molar-refractivity contribution in [1.82, 2.24) is 0 Å². The molecule has 2 N–H and O–H groups in total. The van der Waals surface area contributed by atoms with Gasteiger partial charge in [-0.1, -0.05) is 39.0 Å². The number of aliphatic carboxylic acids is 1. The van der Waals surface area contributed by atoms with Crippen molar-refractivity contribution >= 4 is 51.6 Å². The molecular weight excluding hydrogens is 351 g/mol. The zero-order valence-corrected chi connectivity index (χ0v) is 14.4. The summed E-state index contributed by atoms with van der Waals surface area (Å²) in [7, 11) is -4.85. The van der Waals surface area contributed by atoms with Crippen LogP contribution in [-0.4, -0.2) is 77.7 Å². The van der Waals surface area contributed by atoms with Gasteiger partial charge in [-0.2, -0.15) is 8.42 Å². The Kier molecular flexibility index (Phi) is 15.2. The second-order valence-corrected chi connectivity index (χ2v) is 6.84. The Balaban J connectivity index is 0. The van der Waals surface area contributed by atoms with Crippen molar-refractivity contribution in [2.75, 3.05) is 6.61 Å². The van der Waals surface area contributed by atoms with Crippen molar-refractivity contribution < 1.29 is 37.1 Å². The Morgan fingerprint density at radius 2 is 1.62 bits per heavy atom. The standard InChI is InChI=1S/C14H26O8S.Na.H/c1-3-4-5-6-7-8-9-21-11(2)22-14(17)12(10-13(15)16)23(18,19)20;;/h11-12H,3-10H2,1-2H3,(H,15,16)(H,18,19,20);;. The van der Waals surface area contributed by atoms with E-state index in [9.17, 15) is 18.0 Å². The number of hydrogen-bond donors (Lipinski definition) is 2. The van der Waals surface area contributed by atoms with E-state index in [1.807, 2.05) is 0 Å². The third-order valence-corrected chi connectivity index (χ3v) is 4.19. The SMILES string of the molecule is CCCCCCCCOC(C)OC(=O)C(CC(=O)O)S(=O)(=O)O.[NaH]. The number of ether oxygens (including phenoxy) is 2. The van der Waals surface area contributed by atoms with Gasteiger partial charge >= 0.3 is 41.5 Å². The summed E-state index contributed by atoms with van der Waals surface area (Å²) in [5.41, 5.74) is 0. The minimum absolute atomic E-state index is 0. The third kappa shape index (κ3) is 13.1. The molecule has 0 rings (SSSR count). The van der Waals surface area contributed by atoms with Crippen LogP contribution in [0.2, 0.25) is 0 Å². The number of carboxylic acid groups (broad SMARTS) is 1. The summed E-state index contributed by atoms with van der Waals surface area (Å²) < 4.78 is 40.9. The van der Waals surface area contributed by atoms with E-state index in [4.69, 9.17) is 19.1 Å². The molecule has 138 valence electrons. The Bertz CT molecular complexity index is 465. The minimum atomic E-state index is -4.85. The molecule has 0 fully saturated rings. The monoisotopic (exact) mass is 378 g/mol. The van der Waals surface area contributed by atoms with Crippen molar-refractivity contribution in [3.05, 3.63) is 0 Å². The summed E-state index contributed by atoms with van der Waals surface area (Å²) in [5, 5.41) is 6.42. The topological polar surface area (TPSA) is 127 Å². The molecule has 10 heteroatoms. The molecule has 0 saturated heterocycles. The first-order chi connectivity index (χ1) is 10.7. The zero-order valence-electron chi connectivity index (χ0n) is 13.6. The second-order valence-electron chi connectivity index (χ2n) is 5.24. The van der Waals surface area contributed by atoms with Gasteiger partial charge < -0.3 is 14.6 Å². The third-order valence-electron chi connectivity index (χ3n) is 3.12. The Morgan fingerprint density at radius 3 is 2.12 bits per heavy atom. The molecule has 0 aromatic heterocycles. The molecule has 0 amide bonds. The number of rotatable bonds is 13. The van der Waals surface area contributed by atoms with Crippen molar-refractivity contribution in [2.24, 2.45) is 0 Å². The van der Waals surface area contributed by atoms with Gasteiger partial charge in [0, 0.05) is 0 Å². The molecular formula is C14H27NaO8S. The fourth-order valence-corrected chi connectivity index (χ4v) is 2.53. The van der Waals surface area contributed by atoms with E-state index >= 15 is 0 Å². The Hall–Kier alpha value is -0.190. The summed E-state index contributed by atoms with van der Waals surface area (Å²) in [6.45, 7) is 3.87. The van der Waals surface area contributed by atoms with Crippen molar-refractivity contribution in [2.45, 2.75) is 70.3 Å². The van der Waals surface area contributed by atoms with Crippen LogP contribution in [0.3, 0.4) is 0 Å². The van der Waals surface area contributed by atoms with E-state index in [2.05, 4.69) is 6.92 Å². The van der Waals surface area contributed by atoms with Gasteiger partial charge in [0.05, 0.1) is 13.0 Å². The number of hydrogen-bond acceptors (Lipinski definition) is 6. The number of esters is 1. The molecule has 2 atom stereocenters. The number of unbranched alkanes of at least 4 members (excludes halogenated alkanes) is 5. The summed E-state index contributed by atoms with van der Waals surface area (Å²) in [5.74, 6) is -2.88. The van der Waals surface area contributed by atoms with Gasteiger partial charge in [0.15, 0.2) is 11.5 Å². The van der Waals surface area contributed by atoms with Crippen LogP contribution in [0.1, 0.15) is 58.8 Å². The maximum absolute atomic E-state index is 11.6. The predicted octanol–water partition coefficient (Wildman–Crippen LogP) is 1.34. The van der Waals surface area contributed by atoms with E-state index < -0.39 is 40.0 Å². The van der Waals surface area contributed by atoms with Crippen molar-refractivity contribution in [1.29, 1.82) is 0 Å². The fourth-order valence-electron chi connectivity index (χ4n) is 1.87. The molecule has 0 aromatic carbocycles. The molecule has 0 aliphatic carbocycles. The summed E-state index contributed by atoms with van der Waals surface area (Å²) in [6, 6.07) is 0. The van der Waals surface area contributed by atoms with Gasteiger partial charge in [0.25, 0.3) is 10.1 Å². The quantitative estimate of drug-likeness (QED) is 0.162. The summed E-state index contributed by atoms with van der Waals surface area (Å²) in [4.78, 5) is 22.2. The van der Waals surface area contributed by atoms with Crippen LogP contribution in [0.15, 0.2) is 0 Å². The molecule has 0 aromatic rings. The van der Waals surface area contributed by atoms with E-state index in [1.165, 1.54) is 13.3 Å². The van der Waals surface area contributed by atoms with Crippen LogP contribution in [0.4, 0.5) is 0 Å². The van der Waals surface area contributed by atoms with E-state index in [1.54, 1.807) is 0 Å². The summed E-state index contributed by atoms with van der Waals surface area (Å²) in [6.07, 6.45) is 4.28. The van der Waals surface area contributed by atoms with Crippen molar-refractivity contribution in [3.8, 4) is 0 Å². The average molecular weight is 378 g/mol. The molecule has 0 aliphatic rings. The molecule has 0 heterocycles. The summed E-state index contributed by atoms with van der Waals surface area (Å²) >= 11 is 0. The van der Waals surface area contributed by atoms with Gasteiger partial charge in [-0.15, -0.1) is 0 Å². The van der Waals surface area contributed by atoms with Crippen LogP contribution in [0.5, 0.6) is 0 Å². The maximum atomic E-state index is 11.6. The zero-order chi connectivity index (χ0) is 17.9. The van der Waals surface area contributed by atoms with Crippen LogP contribution in [-0.2, 0) is 29.2 Å². The van der Waals surface area contributed by atoms with Gasteiger partial charge in [-0.25, -0.2) is 0 Å². The van der Waals surface area contributed by atoms with E-state index in [-0.39, 0.29) is 29.6 Å². The second kappa shape index (κ2) is 14.0. The molecule has 0 aliphatic heterocycles. The van der Waals surface area contributed by atoms with Gasteiger partial charge in [0.1, 0.15) is 0 Å². The van der Waals surface area contributed by atoms with Gasteiger partial charge in [-0.05, 0) is 13.3 Å². The molecule has 0 saturated carbocycles. The van der Waals surface area contributed by atoms with Crippen LogP contribution in [0, 0.1) is 0 Å². The fraction of sp³-hybridized carbons (Fsp3) is 0.857. The molecule has 8 nitrogen and oxygen atoms in total. The Labute approximate surface area is 165 Å². The average Bonchev–Trinajstić information content (AvgIpc) is 2.42. The first kappa shape index (κ1) is 26.0. The van der Waals surface area contributed by atoms with Gasteiger partial charge in [-0.3, -0.25) is 14.1 Å². The van der Waals surface area contributed by atoms with Crippen LogP contribution < -0.4 is 0 Å². The molecule has 0 bridgehead atoms. The molecule has 0 radical (unpaired) electrons. The van der Waals surface area contributed by atoms with Gasteiger partial charge in [0.2, 0.25) is 0 Å². The predicted molar refractivity (Wildman–Crippen MR) is 89.6 cm³/mol. The molecule has 24 heavy (non-hydrogen) atoms. The molecule has 0 spiro atoms. The Morgan fingerprint density at radius 1 is 1.08 bits per heavy atom. The number of carbonyl (C=O) groups excluding carboxylic acids is 1. The number of carbonyl (C=O) groups is 2. The van der Waals surface area contributed by atoms with E-state index in [0.717, 1.165) is 32.1 Å².